The van der Waals surface area contributed by atoms with Crippen LogP contribution in [-0.4, -0.2) is 67.4 Å². The number of ether oxygens (including phenoxy) is 1. The summed E-state index contributed by atoms with van der Waals surface area (Å²) in [6, 6.07) is 6.72. The summed E-state index contributed by atoms with van der Waals surface area (Å²) in [6.07, 6.45) is 2.82. The Bertz CT molecular complexity index is 1290. The normalized spacial score (nSPS) is 17.5. The molecule has 3 aromatic rings. The molecule has 0 N–H and O–H groups in total. The van der Waals surface area contributed by atoms with Crippen LogP contribution in [0.25, 0.3) is 16.7 Å². The molecule has 0 bridgehead atoms. The molecule has 10 heteroatoms. The number of pyridine rings is 1. The number of piperidine rings is 1. The van der Waals surface area contributed by atoms with Gasteiger partial charge in [0.2, 0.25) is 0 Å². The molecule has 0 spiro atoms. The molecular weight excluding hydrogens is 414 g/mol. The Balaban J connectivity index is 1.46. The number of hydrogen-bond donors (Lipinski definition) is 0. The Hall–Kier alpha value is -3.69. The van der Waals surface area contributed by atoms with Crippen molar-refractivity contribution in [2.75, 3.05) is 19.7 Å². The van der Waals surface area contributed by atoms with Gasteiger partial charge in [0.05, 0.1) is 5.39 Å². The SMILES string of the molecule is CCCn1c(C(=O)N2CCC(N3C(=O)COC3=O)CC2)cc2c(=O)n3ccccc3nc21. The van der Waals surface area contributed by atoms with Crippen LogP contribution in [0.15, 0.2) is 35.3 Å². The lowest BCUT2D eigenvalue weighted by Gasteiger charge is -2.34. The summed E-state index contributed by atoms with van der Waals surface area (Å²) in [6.45, 7) is 3.16. The molecule has 2 saturated heterocycles. The standard InChI is InChI=1S/C22H23N5O5/c1-2-8-25-16(12-15-19(25)23-17-5-3-4-9-26(17)20(15)29)21(30)24-10-6-14(7-11-24)27-18(28)13-32-22(27)31/h3-5,9,12,14H,2,6-8,10-11,13H2,1H3. The van der Waals surface area contributed by atoms with Gasteiger partial charge in [0.1, 0.15) is 17.0 Å². The summed E-state index contributed by atoms with van der Waals surface area (Å²) >= 11 is 0. The first-order chi connectivity index (χ1) is 15.5. The third kappa shape index (κ3) is 3.14. The van der Waals surface area contributed by atoms with Crippen molar-refractivity contribution in [3.05, 3.63) is 46.5 Å². The topological polar surface area (TPSA) is 106 Å². The number of nitrogens with zero attached hydrogens (tertiary/aromatic N) is 5. The fourth-order valence-corrected chi connectivity index (χ4v) is 4.59. The molecule has 3 aromatic heterocycles. The maximum Gasteiger partial charge on any atom is 0.417 e. The Labute approximate surface area is 183 Å². The average Bonchev–Trinajstić information content (AvgIpc) is 3.34. The van der Waals surface area contributed by atoms with Gasteiger partial charge in [0.15, 0.2) is 6.61 Å². The highest BCUT2D eigenvalue weighted by molar-refractivity contribution is 5.99. The van der Waals surface area contributed by atoms with Crippen molar-refractivity contribution in [1.82, 2.24) is 23.8 Å². The molecule has 2 aliphatic heterocycles. The number of carbonyl (C=O) groups is 3. The van der Waals surface area contributed by atoms with Crippen molar-refractivity contribution in [3.8, 4) is 0 Å². The van der Waals surface area contributed by atoms with E-state index in [1.54, 1.807) is 29.3 Å². The molecule has 0 radical (unpaired) electrons. The van der Waals surface area contributed by atoms with Crippen LogP contribution < -0.4 is 5.56 Å². The highest BCUT2D eigenvalue weighted by Crippen LogP contribution is 2.24. The molecule has 2 aliphatic rings. The van der Waals surface area contributed by atoms with Crippen LogP contribution in [0.5, 0.6) is 0 Å². The molecule has 5 heterocycles. The summed E-state index contributed by atoms with van der Waals surface area (Å²) < 4.78 is 8.11. The molecule has 10 nitrogen and oxygen atoms in total. The predicted octanol–water partition coefficient (Wildman–Crippen LogP) is 1.64. The highest BCUT2D eigenvalue weighted by Gasteiger charge is 2.39. The van der Waals surface area contributed by atoms with E-state index in [4.69, 9.17) is 4.74 Å². The first-order valence-electron chi connectivity index (χ1n) is 10.8. The molecule has 5 rings (SSSR count). The van der Waals surface area contributed by atoms with E-state index >= 15 is 0 Å². The van der Waals surface area contributed by atoms with Crippen molar-refractivity contribution in [2.45, 2.75) is 38.8 Å². The van der Waals surface area contributed by atoms with Gasteiger partial charge in [-0.1, -0.05) is 13.0 Å². The van der Waals surface area contributed by atoms with E-state index < -0.39 is 6.09 Å². The fraction of sp³-hybridized carbons (Fsp3) is 0.409. The zero-order chi connectivity index (χ0) is 22.4. The molecule has 0 aliphatic carbocycles. The maximum atomic E-state index is 13.4. The summed E-state index contributed by atoms with van der Waals surface area (Å²) in [5.41, 5.74) is 1.26. The molecule has 3 amide bonds. The maximum absolute atomic E-state index is 13.4. The number of aryl methyl sites for hydroxylation is 1. The quantitative estimate of drug-likeness (QED) is 0.614. The molecule has 0 aromatic carbocycles. The lowest BCUT2D eigenvalue weighted by atomic mass is 10.0. The summed E-state index contributed by atoms with van der Waals surface area (Å²) in [4.78, 5) is 57.7. The van der Waals surface area contributed by atoms with Gasteiger partial charge in [-0.2, -0.15) is 0 Å². The van der Waals surface area contributed by atoms with Gasteiger partial charge in [-0.25, -0.2) is 14.7 Å². The monoisotopic (exact) mass is 437 g/mol. The molecule has 2 fully saturated rings. The largest absolute Gasteiger partial charge is 0.439 e. The van der Waals surface area contributed by atoms with Gasteiger partial charge in [-0.05, 0) is 37.5 Å². The van der Waals surface area contributed by atoms with Crippen LogP contribution in [0, 0.1) is 0 Å². The van der Waals surface area contributed by atoms with E-state index in [0.717, 1.165) is 6.42 Å². The van der Waals surface area contributed by atoms with Gasteiger partial charge in [0, 0.05) is 31.9 Å². The Morgan fingerprint density at radius 3 is 2.66 bits per heavy atom. The number of aromatic nitrogens is 3. The minimum atomic E-state index is -0.610. The van der Waals surface area contributed by atoms with E-state index in [9.17, 15) is 19.2 Å². The van der Waals surface area contributed by atoms with Crippen LogP contribution in [0.3, 0.4) is 0 Å². The Morgan fingerprint density at radius 1 is 1.19 bits per heavy atom. The molecular formula is C22H23N5O5. The minimum absolute atomic E-state index is 0.182. The minimum Gasteiger partial charge on any atom is -0.439 e. The Morgan fingerprint density at radius 2 is 1.97 bits per heavy atom. The van der Waals surface area contributed by atoms with Crippen molar-refractivity contribution in [1.29, 1.82) is 0 Å². The first-order valence-corrected chi connectivity index (χ1v) is 10.8. The third-order valence-electron chi connectivity index (χ3n) is 6.14. The van der Waals surface area contributed by atoms with Gasteiger partial charge < -0.3 is 14.2 Å². The predicted molar refractivity (Wildman–Crippen MR) is 114 cm³/mol. The summed E-state index contributed by atoms with van der Waals surface area (Å²) in [7, 11) is 0. The van der Waals surface area contributed by atoms with Crippen molar-refractivity contribution < 1.29 is 19.1 Å². The van der Waals surface area contributed by atoms with Gasteiger partial charge in [-0.3, -0.25) is 18.8 Å². The number of hydrogen-bond acceptors (Lipinski definition) is 6. The lowest BCUT2D eigenvalue weighted by Crippen LogP contribution is -2.48. The van der Waals surface area contributed by atoms with Gasteiger partial charge in [0.25, 0.3) is 17.4 Å². The van der Waals surface area contributed by atoms with Crippen LogP contribution in [-0.2, 0) is 16.1 Å². The molecule has 0 unspecified atom stereocenters. The highest BCUT2D eigenvalue weighted by atomic mass is 16.6. The van der Waals surface area contributed by atoms with Crippen molar-refractivity contribution in [3.63, 3.8) is 0 Å². The lowest BCUT2D eigenvalue weighted by molar-refractivity contribution is -0.127. The number of cyclic esters (lactones) is 1. The second-order valence-electron chi connectivity index (χ2n) is 8.11. The molecule has 32 heavy (non-hydrogen) atoms. The van der Waals surface area contributed by atoms with Crippen LogP contribution >= 0.6 is 0 Å². The number of rotatable bonds is 4. The zero-order valence-electron chi connectivity index (χ0n) is 17.7. The molecule has 0 atom stereocenters. The second-order valence-corrected chi connectivity index (χ2v) is 8.11. The average molecular weight is 437 g/mol. The molecule has 166 valence electrons. The van der Waals surface area contributed by atoms with Gasteiger partial charge >= 0.3 is 6.09 Å². The van der Waals surface area contributed by atoms with Gasteiger partial charge in [-0.15, -0.1) is 0 Å². The molecule has 0 saturated carbocycles. The van der Waals surface area contributed by atoms with E-state index in [0.29, 0.717) is 54.9 Å². The zero-order valence-corrected chi connectivity index (χ0v) is 17.7. The Kier molecular flexibility index (Phi) is 4.91. The van der Waals surface area contributed by atoms with Crippen LogP contribution in [0.1, 0.15) is 36.7 Å². The van der Waals surface area contributed by atoms with E-state index in [1.165, 1.54) is 9.30 Å². The smallest absolute Gasteiger partial charge is 0.417 e. The number of carbonyl (C=O) groups excluding carboxylic acids is 3. The number of amides is 3. The third-order valence-corrected chi connectivity index (χ3v) is 6.14. The fourth-order valence-electron chi connectivity index (χ4n) is 4.59. The number of fused-ring (bicyclic) bond motifs is 2. The number of likely N-dealkylation sites (tertiary alicyclic amines) is 1. The van der Waals surface area contributed by atoms with E-state index in [2.05, 4.69) is 4.98 Å². The van der Waals surface area contributed by atoms with E-state index in [1.807, 2.05) is 17.6 Å². The van der Waals surface area contributed by atoms with Crippen LogP contribution in [0.2, 0.25) is 0 Å². The number of imide groups is 1. The summed E-state index contributed by atoms with van der Waals surface area (Å²) in [5.74, 6) is -0.514. The van der Waals surface area contributed by atoms with Crippen molar-refractivity contribution >= 4 is 34.6 Å². The van der Waals surface area contributed by atoms with Crippen LogP contribution in [0.4, 0.5) is 4.79 Å². The second kappa shape index (κ2) is 7.77. The van der Waals surface area contributed by atoms with E-state index in [-0.39, 0.29) is 30.0 Å². The van der Waals surface area contributed by atoms with Crippen molar-refractivity contribution in [2.24, 2.45) is 0 Å². The first kappa shape index (κ1) is 20.2. The summed E-state index contributed by atoms with van der Waals surface area (Å²) in [5, 5.41) is 0.408.